The van der Waals surface area contributed by atoms with E-state index in [4.69, 9.17) is 0 Å². The summed E-state index contributed by atoms with van der Waals surface area (Å²) in [6.45, 7) is 2.87. The Morgan fingerprint density at radius 1 is 1.21 bits per heavy atom. The lowest BCUT2D eigenvalue weighted by Gasteiger charge is -2.21. The first-order valence-electron chi connectivity index (χ1n) is 7.32. The van der Waals surface area contributed by atoms with E-state index in [2.05, 4.69) is 10.6 Å². The molecule has 2 N–H and O–H groups in total. The first kappa shape index (κ1) is 12.5. The van der Waals surface area contributed by atoms with Gasteiger partial charge in [-0.15, -0.1) is 0 Å². The summed E-state index contributed by atoms with van der Waals surface area (Å²) < 4.78 is 0. The van der Waals surface area contributed by atoms with Gasteiger partial charge in [0.25, 0.3) is 0 Å². The summed E-state index contributed by atoms with van der Waals surface area (Å²) in [4.78, 5) is 11.8. The summed E-state index contributed by atoms with van der Waals surface area (Å²) in [7, 11) is 0. The lowest BCUT2D eigenvalue weighted by atomic mass is 9.89. The fourth-order valence-electron chi connectivity index (χ4n) is 3.66. The molecule has 0 radical (unpaired) electrons. The predicted molar refractivity (Wildman–Crippen MR) is 77.1 cm³/mol. The van der Waals surface area contributed by atoms with Crippen LogP contribution in [0, 0.1) is 24.7 Å². The van der Waals surface area contributed by atoms with Crippen molar-refractivity contribution in [2.75, 3.05) is 11.9 Å². The number of benzene rings is 1. The van der Waals surface area contributed by atoms with Gasteiger partial charge in [-0.2, -0.15) is 0 Å². The quantitative estimate of drug-likeness (QED) is 0.855. The number of urea groups is 1. The minimum absolute atomic E-state index is 0.0772. The maximum absolute atomic E-state index is 11.8. The van der Waals surface area contributed by atoms with Crippen LogP contribution in [0.2, 0.25) is 0 Å². The number of hydrogen-bond donors (Lipinski definition) is 2. The summed E-state index contributed by atoms with van der Waals surface area (Å²) in [6.07, 6.45) is 5.49. The molecule has 2 amide bonds. The third kappa shape index (κ3) is 2.91. The zero-order valence-electron chi connectivity index (χ0n) is 11.5. The average Bonchev–Trinajstić information content (AvgIpc) is 3.01. The van der Waals surface area contributed by atoms with E-state index in [0.29, 0.717) is 5.92 Å². The average molecular weight is 258 g/mol. The molecule has 3 heteroatoms. The minimum Gasteiger partial charge on any atom is -0.338 e. The van der Waals surface area contributed by atoms with Crippen LogP contribution in [0.25, 0.3) is 0 Å². The molecule has 3 nitrogen and oxygen atoms in total. The minimum atomic E-state index is -0.0772. The highest BCUT2D eigenvalue weighted by Crippen LogP contribution is 2.47. The van der Waals surface area contributed by atoms with Crippen molar-refractivity contribution in [2.24, 2.45) is 17.8 Å². The molecule has 2 bridgehead atoms. The molecule has 102 valence electrons. The van der Waals surface area contributed by atoms with E-state index in [1.807, 2.05) is 31.2 Å². The molecule has 2 saturated carbocycles. The van der Waals surface area contributed by atoms with Crippen molar-refractivity contribution in [3.63, 3.8) is 0 Å². The lowest BCUT2D eigenvalue weighted by Crippen LogP contribution is -2.34. The highest BCUT2D eigenvalue weighted by molar-refractivity contribution is 5.89. The number of fused-ring (bicyclic) bond motifs is 2. The lowest BCUT2D eigenvalue weighted by molar-refractivity contribution is 0.245. The van der Waals surface area contributed by atoms with Crippen LogP contribution in [0.15, 0.2) is 24.3 Å². The highest BCUT2D eigenvalue weighted by atomic mass is 16.2. The molecule has 2 aliphatic carbocycles. The van der Waals surface area contributed by atoms with Crippen molar-refractivity contribution in [1.29, 1.82) is 0 Å². The second kappa shape index (κ2) is 5.24. The van der Waals surface area contributed by atoms with Crippen molar-refractivity contribution in [3.05, 3.63) is 29.8 Å². The van der Waals surface area contributed by atoms with Crippen molar-refractivity contribution in [2.45, 2.75) is 32.6 Å². The SMILES string of the molecule is Cc1ccc(NC(=O)NCC2CC3CCC2C3)cc1. The maximum Gasteiger partial charge on any atom is 0.319 e. The molecule has 0 aliphatic heterocycles. The van der Waals surface area contributed by atoms with Gasteiger partial charge >= 0.3 is 6.03 Å². The van der Waals surface area contributed by atoms with Crippen molar-refractivity contribution >= 4 is 11.7 Å². The van der Waals surface area contributed by atoms with Gasteiger partial charge in [-0.1, -0.05) is 24.1 Å². The summed E-state index contributed by atoms with van der Waals surface area (Å²) in [5, 5.41) is 5.91. The Labute approximate surface area is 114 Å². The van der Waals surface area contributed by atoms with Crippen molar-refractivity contribution in [3.8, 4) is 0 Å². The van der Waals surface area contributed by atoms with Gasteiger partial charge in [-0.05, 0) is 56.1 Å². The van der Waals surface area contributed by atoms with Crippen LogP contribution < -0.4 is 10.6 Å². The Morgan fingerprint density at radius 2 is 2.00 bits per heavy atom. The molecule has 2 aliphatic rings. The van der Waals surface area contributed by atoms with Crippen molar-refractivity contribution in [1.82, 2.24) is 5.32 Å². The number of nitrogens with one attached hydrogen (secondary N) is 2. The summed E-state index contributed by atoms with van der Waals surface area (Å²) in [6, 6.07) is 7.81. The zero-order valence-corrected chi connectivity index (χ0v) is 11.5. The van der Waals surface area contributed by atoms with Crippen LogP contribution >= 0.6 is 0 Å². The standard InChI is InChI=1S/C16H22N2O/c1-11-2-6-15(7-3-11)18-16(19)17-10-14-9-12-4-5-13(14)8-12/h2-3,6-7,12-14H,4-5,8-10H2,1H3,(H2,17,18,19). The second-order valence-electron chi connectivity index (χ2n) is 6.14. The van der Waals surface area contributed by atoms with Crippen LogP contribution in [-0.2, 0) is 0 Å². The molecule has 19 heavy (non-hydrogen) atoms. The van der Waals surface area contributed by atoms with E-state index in [1.54, 1.807) is 0 Å². The van der Waals surface area contributed by atoms with E-state index in [-0.39, 0.29) is 6.03 Å². The van der Waals surface area contributed by atoms with E-state index >= 15 is 0 Å². The van der Waals surface area contributed by atoms with Crippen LogP contribution in [0.5, 0.6) is 0 Å². The largest absolute Gasteiger partial charge is 0.338 e. The van der Waals surface area contributed by atoms with Gasteiger partial charge in [0.05, 0.1) is 0 Å². The monoisotopic (exact) mass is 258 g/mol. The molecule has 0 spiro atoms. The van der Waals surface area contributed by atoms with E-state index in [0.717, 1.165) is 24.1 Å². The first-order chi connectivity index (χ1) is 9.20. The van der Waals surface area contributed by atoms with E-state index in [1.165, 1.54) is 31.2 Å². The Bertz CT molecular complexity index is 454. The maximum atomic E-state index is 11.8. The summed E-state index contributed by atoms with van der Waals surface area (Å²) in [5.74, 6) is 2.52. The Kier molecular flexibility index (Phi) is 3.45. The smallest absolute Gasteiger partial charge is 0.319 e. The second-order valence-corrected chi connectivity index (χ2v) is 6.14. The molecule has 3 rings (SSSR count). The van der Waals surface area contributed by atoms with Gasteiger partial charge in [0.15, 0.2) is 0 Å². The molecule has 3 atom stereocenters. The van der Waals surface area contributed by atoms with Crippen LogP contribution in [0.4, 0.5) is 10.5 Å². The molecule has 0 heterocycles. The predicted octanol–water partition coefficient (Wildman–Crippen LogP) is 3.55. The summed E-state index contributed by atoms with van der Waals surface area (Å²) in [5.41, 5.74) is 2.06. The molecule has 1 aromatic carbocycles. The number of anilines is 1. The van der Waals surface area contributed by atoms with E-state index in [9.17, 15) is 4.79 Å². The van der Waals surface area contributed by atoms with Gasteiger partial charge in [-0.3, -0.25) is 0 Å². The topological polar surface area (TPSA) is 41.1 Å². The van der Waals surface area contributed by atoms with Gasteiger partial charge in [0, 0.05) is 12.2 Å². The van der Waals surface area contributed by atoms with Gasteiger partial charge in [0.2, 0.25) is 0 Å². The fourth-order valence-corrected chi connectivity index (χ4v) is 3.66. The Morgan fingerprint density at radius 3 is 2.63 bits per heavy atom. The molecule has 1 aromatic rings. The first-order valence-corrected chi connectivity index (χ1v) is 7.32. The van der Waals surface area contributed by atoms with Gasteiger partial charge < -0.3 is 10.6 Å². The normalized spacial score (nSPS) is 28.4. The number of amides is 2. The molecular weight excluding hydrogens is 236 g/mol. The highest BCUT2D eigenvalue weighted by Gasteiger charge is 2.39. The molecule has 0 saturated heterocycles. The zero-order chi connectivity index (χ0) is 13.2. The third-order valence-electron chi connectivity index (χ3n) is 4.72. The Hall–Kier alpha value is -1.51. The van der Waals surface area contributed by atoms with Gasteiger partial charge in [0.1, 0.15) is 0 Å². The molecule has 3 unspecified atom stereocenters. The molecule has 0 aromatic heterocycles. The number of hydrogen-bond acceptors (Lipinski definition) is 1. The molecular formula is C16H22N2O. The number of carbonyl (C=O) groups excluding carboxylic acids is 1. The summed E-state index contributed by atoms with van der Waals surface area (Å²) >= 11 is 0. The van der Waals surface area contributed by atoms with E-state index < -0.39 is 0 Å². The van der Waals surface area contributed by atoms with Crippen LogP contribution in [0.3, 0.4) is 0 Å². The molecule has 2 fully saturated rings. The van der Waals surface area contributed by atoms with Crippen LogP contribution in [-0.4, -0.2) is 12.6 Å². The van der Waals surface area contributed by atoms with Crippen molar-refractivity contribution < 1.29 is 4.79 Å². The number of aryl methyl sites for hydroxylation is 1. The van der Waals surface area contributed by atoms with Crippen LogP contribution in [0.1, 0.15) is 31.2 Å². The number of rotatable bonds is 3. The Balaban J connectivity index is 1.45. The third-order valence-corrected chi connectivity index (χ3v) is 4.72. The fraction of sp³-hybridized carbons (Fsp3) is 0.562. The number of carbonyl (C=O) groups is 1. The van der Waals surface area contributed by atoms with Gasteiger partial charge in [-0.25, -0.2) is 4.79 Å².